The normalized spacial score (nSPS) is 10.1. The number of rotatable bonds is 5. The van der Waals surface area contributed by atoms with E-state index in [1.165, 1.54) is 0 Å². The monoisotopic (exact) mass is 271 g/mol. The number of benzene rings is 2. The van der Waals surface area contributed by atoms with E-state index in [0.29, 0.717) is 23.6 Å². The molecule has 4 heteroatoms. The van der Waals surface area contributed by atoms with Crippen LogP contribution >= 0.6 is 0 Å². The highest BCUT2D eigenvalue weighted by Gasteiger charge is 2.09. The van der Waals surface area contributed by atoms with Gasteiger partial charge >= 0.3 is 0 Å². The third-order valence-electron chi connectivity index (χ3n) is 2.88. The van der Waals surface area contributed by atoms with Crippen LogP contribution in [0.25, 0.3) is 0 Å². The summed E-state index contributed by atoms with van der Waals surface area (Å²) in [6.45, 7) is 0.536. The van der Waals surface area contributed by atoms with Crippen molar-refractivity contribution in [3.63, 3.8) is 0 Å². The Morgan fingerprint density at radius 2 is 1.75 bits per heavy atom. The Bertz CT molecular complexity index is 579. The lowest BCUT2D eigenvalue weighted by molar-refractivity contribution is 0.102. The van der Waals surface area contributed by atoms with Crippen molar-refractivity contribution in [3.8, 4) is 5.75 Å². The van der Waals surface area contributed by atoms with E-state index in [1.807, 2.05) is 24.3 Å². The van der Waals surface area contributed by atoms with Crippen LogP contribution < -0.4 is 10.1 Å². The number of ether oxygens (including phenoxy) is 2. The molecule has 0 bridgehead atoms. The lowest BCUT2D eigenvalue weighted by Gasteiger charge is -2.10. The molecule has 0 aliphatic rings. The van der Waals surface area contributed by atoms with Gasteiger partial charge in [-0.2, -0.15) is 0 Å². The Labute approximate surface area is 118 Å². The Hall–Kier alpha value is -2.33. The predicted molar refractivity (Wildman–Crippen MR) is 78.1 cm³/mol. The predicted octanol–water partition coefficient (Wildman–Crippen LogP) is 3.09. The summed E-state index contributed by atoms with van der Waals surface area (Å²) in [5.74, 6) is 0.468. The van der Waals surface area contributed by atoms with Crippen molar-refractivity contribution in [1.82, 2.24) is 0 Å². The van der Waals surface area contributed by atoms with Gasteiger partial charge in [-0.25, -0.2) is 0 Å². The Balaban J connectivity index is 2.11. The Morgan fingerprint density at radius 1 is 1.05 bits per heavy atom. The van der Waals surface area contributed by atoms with Gasteiger partial charge in [-0.05, 0) is 29.8 Å². The number of hydrogen-bond donors (Lipinski definition) is 1. The molecule has 0 saturated heterocycles. The van der Waals surface area contributed by atoms with Gasteiger partial charge in [0.15, 0.2) is 0 Å². The number of nitrogens with one attached hydrogen (secondary N) is 1. The molecular formula is C16H17NO3. The third kappa shape index (κ3) is 3.36. The van der Waals surface area contributed by atoms with Crippen molar-refractivity contribution < 1.29 is 14.3 Å². The molecule has 2 aromatic rings. The molecule has 20 heavy (non-hydrogen) atoms. The first kappa shape index (κ1) is 14.1. The van der Waals surface area contributed by atoms with Gasteiger partial charge in [-0.15, -0.1) is 0 Å². The quantitative estimate of drug-likeness (QED) is 0.909. The summed E-state index contributed by atoms with van der Waals surface area (Å²) in [6, 6.07) is 14.6. The molecule has 0 saturated carbocycles. The van der Waals surface area contributed by atoms with Crippen LogP contribution in [0.4, 0.5) is 5.69 Å². The van der Waals surface area contributed by atoms with Gasteiger partial charge < -0.3 is 14.8 Å². The zero-order valence-corrected chi connectivity index (χ0v) is 11.6. The molecule has 0 spiro atoms. The van der Waals surface area contributed by atoms with E-state index in [4.69, 9.17) is 9.47 Å². The molecule has 104 valence electrons. The van der Waals surface area contributed by atoms with Gasteiger partial charge in [0, 0.05) is 12.7 Å². The van der Waals surface area contributed by atoms with Crippen LogP contribution in [0.15, 0.2) is 48.5 Å². The van der Waals surface area contributed by atoms with Crippen LogP contribution in [0.1, 0.15) is 15.9 Å². The average molecular weight is 271 g/mol. The summed E-state index contributed by atoms with van der Waals surface area (Å²) in [5, 5.41) is 2.83. The summed E-state index contributed by atoms with van der Waals surface area (Å²) in [6.07, 6.45) is 0. The molecule has 0 aliphatic carbocycles. The lowest BCUT2D eigenvalue weighted by atomic mass is 10.1. The van der Waals surface area contributed by atoms with Crippen LogP contribution in [0.3, 0.4) is 0 Å². The minimum Gasteiger partial charge on any atom is -0.495 e. The van der Waals surface area contributed by atoms with E-state index in [9.17, 15) is 4.79 Å². The van der Waals surface area contributed by atoms with Crippen molar-refractivity contribution in [2.75, 3.05) is 19.5 Å². The summed E-state index contributed by atoms with van der Waals surface area (Å²) in [7, 11) is 3.22. The van der Waals surface area contributed by atoms with Gasteiger partial charge in [-0.1, -0.05) is 24.3 Å². The van der Waals surface area contributed by atoms with E-state index in [-0.39, 0.29) is 5.91 Å². The molecule has 0 fully saturated rings. The molecule has 0 aromatic heterocycles. The summed E-state index contributed by atoms with van der Waals surface area (Å²) >= 11 is 0. The molecule has 2 rings (SSSR count). The maximum Gasteiger partial charge on any atom is 0.255 e. The van der Waals surface area contributed by atoms with Crippen LogP contribution in [-0.4, -0.2) is 20.1 Å². The van der Waals surface area contributed by atoms with E-state index in [0.717, 1.165) is 5.56 Å². The fourth-order valence-electron chi connectivity index (χ4n) is 1.86. The number of methoxy groups -OCH3 is 2. The second kappa shape index (κ2) is 6.73. The highest BCUT2D eigenvalue weighted by atomic mass is 16.5. The first-order chi connectivity index (χ1) is 9.74. The molecule has 4 nitrogen and oxygen atoms in total. The Kier molecular flexibility index (Phi) is 4.74. The number of carbonyl (C=O) groups is 1. The first-order valence-corrected chi connectivity index (χ1v) is 6.27. The highest BCUT2D eigenvalue weighted by Crippen LogP contribution is 2.23. The molecule has 1 N–H and O–H groups in total. The molecule has 1 amide bonds. The third-order valence-corrected chi connectivity index (χ3v) is 2.88. The van der Waals surface area contributed by atoms with Crippen molar-refractivity contribution in [1.29, 1.82) is 0 Å². The lowest BCUT2D eigenvalue weighted by Crippen LogP contribution is -2.12. The van der Waals surface area contributed by atoms with Crippen molar-refractivity contribution in [3.05, 3.63) is 59.7 Å². The molecule has 0 heterocycles. The van der Waals surface area contributed by atoms with Crippen LogP contribution in [-0.2, 0) is 11.3 Å². The van der Waals surface area contributed by atoms with Gasteiger partial charge in [0.25, 0.3) is 5.91 Å². The zero-order valence-electron chi connectivity index (χ0n) is 11.6. The summed E-state index contributed by atoms with van der Waals surface area (Å²) in [4.78, 5) is 12.2. The second-order valence-electron chi connectivity index (χ2n) is 4.28. The standard InChI is InChI=1S/C16H17NO3/c1-19-11-12-7-9-13(10-8-12)16(18)17-14-5-3-4-6-15(14)20-2/h3-10H,11H2,1-2H3,(H,17,18). The number of para-hydroxylation sites is 2. The SMILES string of the molecule is COCc1ccc(C(=O)Nc2ccccc2OC)cc1. The molecule has 0 atom stereocenters. The minimum atomic E-state index is -0.168. The average Bonchev–Trinajstić information content (AvgIpc) is 2.49. The number of hydrogen-bond acceptors (Lipinski definition) is 3. The Morgan fingerprint density at radius 3 is 2.40 bits per heavy atom. The maximum atomic E-state index is 12.2. The highest BCUT2D eigenvalue weighted by molar-refractivity contribution is 6.05. The molecule has 0 radical (unpaired) electrons. The largest absolute Gasteiger partial charge is 0.495 e. The second-order valence-corrected chi connectivity index (χ2v) is 4.28. The smallest absolute Gasteiger partial charge is 0.255 e. The van der Waals surface area contributed by atoms with E-state index in [1.54, 1.807) is 38.5 Å². The minimum absolute atomic E-state index is 0.168. The summed E-state index contributed by atoms with van der Waals surface area (Å²) in [5.41, 5.74) is 2.28. The van der Waals surface area contributed by atoms with Crippen molar-refractivity contribution >= 4 is 11.6 Å². The van der Waals surface area contributed by atoms with Gasteiger partial charge in [-0.3, -0.25) is 4.79 Å². The van der Waals surface area contributed by atoms with Crippen LogP contribution in [0.2, 0.25) is 0 Å². The zero-order chi connectivity index (χ0) is 14.4. The van der Waals surface area contributed by atoms with E-state index < -0.39 is 0 Å². The number of anilines is 1. The fourth-order valence-corrected chi connectivity index (χ4v) is 1.86. The van der Waals surface area contributed by atoms with Crippen molar-refractivity contribution in [2.45, 2.75) is 6.61 Å². The van der Waals surface area contributed by atoms with Crippen LogP contribution in [0.5, 0.6) is 5.75 Å². The van der Waals surface area contributed by atoms with Gasteiger partial charge in [0.2, 0.25) is 0 Å². The molecular weight excluding hydrogens is 254 g/mol. The molecule has 2 aromatic carbocycles. The van der Waals surface area contributed by atoms with Crippen LogP contribution in [0, 0.1) is 0 Å². The maximum absolute atomic E-state index is 12.2. The molecule has 0 unspecified atom stereocenters. The number of carbonyl (C=O) groups excluding carboxylic acids is 1. The topological polar surface area (TPSA) is 47.6 Å². The van der Waals surface area contributed by atoms with Gasteiger partial charge in [0.1, 0.15) is 5.75 Å². The van der Waals surface area contributed by atoms with Gasteiger partial charge in [0.05, 0.1) is 19.4 Å². The van der Waals surface area contributed by atoms with E-state index in [2.05, 4.69) is 5.32 Å². The molecule has 0 aliphatic heterocycles. The van der Waals surface area contributed by atoms with Crippen molar-refractivity contribution in [2.24, 2.45) is 0 Å². The first-order valence-electron chi connectivity index (χ1n) is 6.27. The number of amides is 1. The van der Waals surface area contributed by atoms with E-state index >= 15 is 0 Å². The fraction of sp³-hybridized carbons (Fsp3) is 0.188. The summed E-state index contributed by atoms with van der Waals surface area (Å²) < 4.78 is 10.2.